The molecule has 0 saturated carbocycles. The summed E-state index contributed by atoms with van der Waals surface area (Å²) in [6.07, 6.45) is 3.95. The first-order valence-electron chi connectivity index (χ1n) is 4.17. The van der Waals surface area contributed by atoms with Crippen LogP contribution in [0.5, 0.6) is 0 Å². The lowest BCUT2D eigenvalue weighted by Crippen LogP contribution is -1.99. The summed E-state index contributed by atoms with van der Waals surface area (Å²) in [6, 6.07) is 1.51. The predicted molar refractivity (Wildman–Crippen MR) is 58.3 cm³/mol. The van der Waals surface area contributed by atoms with Gasteiger partial charge in [0.1, 0.15) is 0 Å². The molecule has 2 rings (SSSR count). The van der Waals surface area contributed by atoms with E-state index in [0.717, 1.165) is 0 Å². The van der Waals surface area contributed by atoms with Gasteiger partial charge in [-0.1, -0.05) is 23.2 Å². The fourth-order valence-electron chi connectivity index (χ4n) is 1.13. The van der Waals surface area contributed by atoms with E-state index in [2.05, 4.69) is 10.1 Å². The number of carbonyl (C=O) groups is 1. The number of carboxylic acid groups (broad SMARTS) is 1. The highest BCUT2D eigenvalue weighted by Crippen LogP contribution is 2.21. The van der Waals surface area contributed by atoms with Crippen LogP contribution in [0.2, 0.25) is 10.0 Å². The summed E-state index contributed by atoms with van der Waals surface area (Å²) in [5.74, 6) is -0.727. The van der Waals surface area contributed by atoms with Crippen molar-refractivity contribution in [2.75, 3.05) is 0 Å². The van der Waals surface area contributed by atoms with Crippen molar-refractivity contribution >= 4 is 29.2 Å². The van der Waals surface area contributed by atoms with E-state index in [1.54, 1.807) is 0 Å². The highest BCUT2D eigenvalue weighted by Gasteiger charge is 2.10. The van der Waals surface area contributed by atoms with Crippen LogP contribution in [-0.2, 0) is 0 Å². The summed E-state index contributed by atoms with van der Waals surface area (Å²) < 4.78 is 1.28. The molecule has 2 aromatic heterocycles. The van der Waals surface area contributed by atoms with Gasteiger partial charge in [0.25, 0.3) is 0 Å². The average Bonchev–Trinajstić information content (AvgIpc) is 2.66. The van der Waals surface area contributed by atoms with Crippen LogP contribution in [0.4, 0.5) is 0 Å². The molecule has 2 aromatic rings. The largest absolute Gasteiger partial charge is 0.478 e. The summed E-state index contributed by atoms with van der Waals surface area (Å²) in [7, 11) is 0. The zero-order valence-electron chi connectivity index (χ0n) is 7.76. The van der Waals surface area contributed by atoms with Crippen LogP contribution in [0.1, 0.15) is 10.4 Å². The molecule has 0 bridgehead atoms. The standard InChI is InChI=1S/C9H5Cl2N3O2/c10-6-1-7(11)8(12-3-6)14-4-5(2-13-14)9(15)16/h1-4H,(H,15,16). The molecule has 0 amide bonds. The molecule has 0 radical (unpaired) electrons. The Balaban J connectivity index is 2.46. The molecule has 0 spiro atoms. The maximum Gasteiger partial charge on any atom is 0.338 e. The van der Waals surface area contributed by atoms with E-state index in [-0.39, 0.29) is 5.56 Å². The first-order valence-corrected chi connectivity index (χ1v) is 4.93. The van der Waals surface area contributed by atoms with E-state index in [0.29, 0.717) is 15.9 Å². The van der Waals surface area contributed by atoms with Gasteiger partial charge < -0.3 is 5.11 Å². The molecule has 0 unspecified atom stereocenters. The van der Waals surface area contributed by atoms with E-state index < -0.39 is 5.97 Å². The molecule has 0 aliphatic heterocycles. The fourth-order valence-corrected chi connectivity index (χ4v) is 1.59. The molecular weight excluding hydrogens is 253 g/mol. The topological polar surface area (TPSA) is 68.0 Å². The Hall–Kier alpha value is -1.59. The Labute approximate surface area is 100 Å². The van der Waals surface area contributed by atoms with E-state index in [9.17, 15) is 4.79 Å². The van der Waals surface area contributed by atoms with Crippen molar-refractivity contribution in [3.8, 4) is 5.82 Å². The lowest BCUT2D eigenvalue weighted by Gasteiger charge is -2.02. The second kappa shape index (κ2) is 4.11. The Morgan fingerprint density at radius 3 is 2.69 bits per heavy atom. The number of rotatable bonds is 2. The van der Waals surface area contributed by atoms with Crippen LogP contribution in [-0.4, -0.2) is 25.8 Å². The Morgan fingerprint density at radius 1 is 1.38 bits per heavy atom. The maximum absolute atomic E-state index is 10.7. The lowest BCUT2D eigenvalue weighted by molar-refractivity contribution is 0.0697. The number of hydrogen-bond acceptors (Lipinski definition) is 3. The number of pyridine rings is 1. The minimum atomic E-state index is -1.06. The van der Waals surface area contributed by atoms with Gasteiger partial charge in [0.05, 0.1) is 21.8 Å². The van der Waals surface area contributed by atoms with Gasteiger partial charge in [-0.2, -0.15) is 5.10 Å². The molecular formula is C9H5Cl2N3O2. The number of aromatic nitrogens is 3. The number of nitrogens with zero attached hydrogens (tertiary/aromatic N) is 3. The van der Waals surface area contributed by atoms with Crippen LogP contribution in [0.3, 0.4) is 0 Å². The van der Waals surface area contributed by atoms with Gasteiger partial charge in [0, 0.05) is 12.4 Å². The molecule has 0 aromatic carbocycles. The molecule has 16 heavy (non-hydrogen) atoms. The van der Waals surface area contributed by atoms with Crippen molar-refractivity contribution in [2.45, 2.75) is 0 Å². The third kappa shape index (κ3) is 2.00. The van der Waals surface area contributed by atoms with Crippen molar-refractivity contribution in [2.24, 2.45) is 0 Å². The minimum absolute atomic E-state index is 0.0628. The zero-order valence-corrected chi connectivity index (χ0v) is 9.27. The fraction of sp³-hybridized carbons (Fsp3) is 0. The molecule has 82 valence electrons. The molecule has 7 heteroatoms. The van der Waals surface area contributed by atoms with Gasteiger partial charge in [-0.05, 0) is 6.07 Å². The molecule has 0 fully saturated rings. The summed E-state index contributed by atoms with van der Waals surface area (Å²) in [4.78, 5) is 14.6. The van der Waals surface area contributed by atoms with Crippen molar-refractivity contribution in [3.05, 3.63) is 40.3 Å². The third-order valence-electron chi connectivity index (χ3n) is 1.83. The predicted octanol–water partition coefficient (Wildman–Crippen LogP) is 2.27. The van der Waals surface area contributed by atoms with Crippen molar-refractivity contribution in [3.63, 3.8) is 0 Å². The summed E-state index contributed by atoms with van der Waals surface area (Å²) in [6.45, 7) is 0. The van der Waals surface area contributed by atoms with Crippen LogP contribution >= 0.6 is 23.2 Å². The van der Waals surface area contributed by atoms with Crippen LogP contribution in [0.15, 0.2) is 24.7 Å². The summed E-state index contributed by atoms with van der Waals surface area (Å²) in [5, 5.41) is 13.3. The molecule has 0 aliphatic rings. The van der Waals surface area contributed by atoms with Crippen molar-refractivity contribution < 1.29 is 9.90 Å². The van der Waals surface area contributed by atoms with Gasteiger partial charge in [-0.15, -0.1) is 0 Å². The van der Waals surface area contributed by atoms with Crippen LogP contribution in [0.25, 0.3) is 5.82 Å². The van der Waals surface area contributed by atoms with Gasteiger partial charge >= 0.3 is 5.97 Å². The molecule has 0 saturated heterocycles. The Morgan fingerprint density at radius 2 is 2.12 bits per heavy atom. The van der Waals surface area contributed by atoms with Gasteiger partial charge in [0.15, 0.2) is 5.82 Å². The molecule has 1 N–H and O–H groups in total. The molecule has 0 atom stereocenters. The van der Waals surface area contributed by atoms with E-state index in [1.807, 2.05) is 0 Å². The van der Waals surface area contributed by atoms with Crippen molar-refractivity contribution in [1.82, 2.24) is 14.8 Å². The molecule has 5 nitrogen and oxygen atoms in total. The monoisotopic (exact) mass is 257 g/mol. The quantitative estimate of drug-likeness (QED) is 0.897. The van der Waals surface area contributed by atoms with Gasteiger partial charge in [-0.3, -0.25) is 0 Å². The summed E-state index contributed by atoms with van der Waals surface area (Å²) in [5.41, 5.74) is 0.0628. The number of halogens is 2. The first kappa shape index (κ1) is 10.9. The third-order valence-corrected chi connectivity index (χ3v) is 2.32. The smallest absolute Gasteiger partial charge is 0.338 e. The Bertz CT molecular complexity index is 553. The second-order valence-electron chi connectivity index (χ2n) is 2.94. The number of carboxylic acids is 1. The van der Waals surface area contributed by atoms with Crippen LogP contribution < -0.4 is 0 Å². The Kier molecular flexibility index (Phi) is 2.80. The summed E-state index contributed by atoms with van der Waals surface area (Å²) >= 11 is 11.6. The minimum Gasteiger partial charge on any atom is -0.478 e. The normalized spacial score (nSPS) is 10.4. The van der Waals surface area contributed by atoms with E-state index in [4.69, 9.17) is 28.3 Å². The van der Waals surface area contributed by atoms with Crippen LogP contribution in [0, 0.1) is 0 Å². The van der Waals surface area contributed by atoms with Crippen molar-refractivity contribution in [1.29, 1.82) is 0 Å². The highest BCUT2D eigenvalue weighted by atomic mass is 35.5. The van der Waals surface area contributed by atoms with Gasteiger partial charge in [0.2, 0.25) is 0 Å². The SMILES string of the molecule is O=C(O)c1cnn(-c2ncc(Cl)cc2Cl)c1. The first-order chi connectivity index (χ1) is 7.58. The average molecular weight is 258 g/mol. The molecule has 2 heterocycles. The van der Waals surface area contributed by atoms with E-state index >= 15 is 0 Å². The maximum atomic E-state index is 10.7. The number of hydrogen-bond donors (Lipinski definition) is 1. The highest BCUT2D eigenvalue weighted by molar-refractivity contribution is 6.35. The zero-order chi connectivity index (χ0) is 11.7. The van der Waals surface area contributed by atoms with E-state index in [1.165, 1.54) is 29.3 Å². The number of aromatic carboxylic acids is 1. The molecule has 0 aliphatic carbocycles. The second-order valence-corrected chi connectivity index (χ2v) is 3.78. The van der Waals surface area contributed by atoms with Gasteiger partial charge in [-0.25, -0.2) is 14.5 Å². The lowest BCUT2D eigenvalue weighted by atomic mass is 10.4.